The third kappa shape index (κ3) is 4.46. The molecule has 4 rings (SSSR count). The van der Waals surface area contributed by atoms with Gasteiger partial charge in [-0.25, -0.2) is 8.42 Å². The summed E-state index contributed by atoms with van der Waals surface area (Å²) in [5, 5.41) is 0. The van der Waals surface area contributed by atoms with Crippen molar-refractivity contribution >= 4 is 15.7 Å². The Balaban J connectivity index is 1.56. The highest BCUT2D eigenvalue weighted by atomic mass is 32.2. The number of hydrogen-bond acceptors (Lipinski definition) is 5. The second kappa shape index (κ2) is 8.30. The third-order valence-corrected chi connectivity index (χ3v) is 7.47. The van der Waals surface area contributed by atoms with Gasteiger partial charge in [0.2, 0.25) is 6.10 Å². The van der Waals surface area contributed by atoms with E-state index in [2.05, 4.69) is 26.0 Å². The van der Waals surface area contributed by atoms with Crippen LogP contribution in [-0.4, -0.2) is 49.5 Å². The molecule has 1 saturated heterocycles. The highest BCUT2D eigenvalue weighted by Gasteiger charge is 2.39. The number of rotatable bonds is 5. The highest BCUT2D eigenvalue weighted by molar-refractivity contribution is 7.91. The van der Waals surface area contributed by atoms with Crippen molar-refractivity contribution < 1.29 is 22.7 Å². The lowest BCUT2D eigenvalue weighted by Crippen LogP contribution is -2.50. The van der Waals surface area contributed by atoms with E-state index in [9.17, 15) is 13.2 Å². The molecule has 6 nitrogen and oxygen atoms in total. The average molecular weight is 430 g/mol. The smallest absolute Gasteiger partial charge is 0.267 e. The SMILES string of the molecule is CC(C)c1ccc(CN(C(=O)[C@H]2COc3ccccc3O2)[C@H]2CCS(=O)(=O)C2)cc1. The van der Waals surface area contributed by atoms with Crippen molar-refractivity contribution in [3.05, 3.63) is 59.7 Å². The van der Waals surface area contributed by atoms with Gasteiger partial charge in [0.25, 0.3) is 5.91 Å². The minimum absolute atomic E-state index is 0.00696. The van der Waals surface area contributed by atoms with Crippen LogP contribution in [0.1, 0.15) is 37.3 Å². The summed E-state index contributed by atoms with van der Waals surface area (Å²) in [6, 6.07) is 15.0. The molecule has 0 N–H and O–H groups in total. The van der Waals surface area contributed by atoms with Crippen LogP contribution >= 0.6 is 0 Å². The number of fused-ring (bicyclic) bond motifs is 1. The molecule has 2 aliphatic heterocycles. The predicted octanol–water partition coefficient (Wildman–Crippen LogP) is 3.17. The fourth-order valence-corrected chi connectivity index (χ4v) is 5.67. The third-order valence-electron chi connectivity index (χ3n) is 5.72. The van der Waals surface area contributed by atoms with Gasteiger partial charge in [-0.15, -0.1) is 0 Å². The maximum atomic E-state index is 13.4. The zero-order chi connectivity index (χ0) is 21.3. The fraction of sp³-hybridized carbons (Fsp3) is 0.435. The summed E-state index contributed by atoms with van der Waals surface area (Å²) >= 11 is 0. The molecule has 2 aromatic rings. The Bertz CT molecular complexity index is 1020. The number of nitrogens with zero attached hydrogens (tertiary/aromatic N) is 1. The number of amides is 1. The average Bonchev–Trinajstić information content (AvgIpc) is 3.11. The van der Waals surface area contributed by atoms with Crippen LogP contribution in [0.5, 0.6) is 11.5 Å². The van der Waals surface area contributed by atoms with Gasteiger partial charge in [-0.2, -0.15) is 0 Å². The van der Waals surface area contributed by atoms with Crippen LogP contribution in [0.15, 0.2) is 48.5 Å². The van der Waals surface area contributed by atoms with Gasteiger partial charge in [0, 0.05) is 12.6 Å². The first-order valence-electron chi connectivity index (χ1n) is 10.3. The fourth-order valence-electron chi connectivity index (χ4n) is 3.94. The molecular formula is C23H27NO5S. The standard InChI is InChI=1S/C23H27NO5S/c1-16(2)18-9-7-17(8-10-18)13-24(19-11-12-30(26,27)15-19)23(25)22-14-28-20-5-3-4-6-21(20)29-22/h3-10,16,19,22H,11-15H2,1-2H3/t19-,22+/m0/s1. The zero-order valence-corrected chi connectivity index (χ0v) is 18.1. The van der Waals surface area contributed by atoms with Gasteiger partial charge < -0.3 is 14.4 Å². The molecule has 0 radical (unpaired) electrons. The van der Waals surface area contributed by atoms with Crippen LogP contribution < -0.4 is 9.47 Å². The number of carbonyl (C=O) groups is 1. The number of benzene rings is 2. The summed E-state index contributed by atoms with van der Waals surface area (Å²) in [4.78, 5) is 15.1. The zero-order valence-electron chi connectivity index (χ0n) is 17.3. The van der Waals surface area contributed by atoms with E-state index in [-0.39, 0.29) is 30.1 Å². The summed E-state index contributed by atoms with van der Waals surface area (Å²) in [7, 11) is -3.13. The van der Waals surface area contributed by atoms with E-state index in [0.717, 1.165) is 5.56 Å². The van der Waals surface area contributed by atoms with Crippen molar-refractivity contribution in [2.24, 2.45) is 0 Å². The summed E-state index contributed by atoms with van der Waals surface area (Å²) in [5.74, 6) is 1.43. The van der Waals surface area contributed by atoms with Crippen LogP contribution in [-0.2, 0) is 21.2 Å². The molecule has 2 aromatic carbocycles. The normalized spacial score (nSPS) is 22.1. The molecule has 0 aromatic heterocycles. The maximum absolute atomic E-state index is 13.4. The molecule has 7 heteroatoms. The summed E-state index contributed by atoms with van der Waals surface area (Å²) in [6.07, 6.45) is -0.347. The second-order valence-electron chi connectivity index (χ2n) is 8.28. The van der Waals surface area contributed by atoms with Crippen molar-refractivity contribution in [1.82, 2.24) is 4.90 Å². The van der Waals surface area contributed by atoms with Gasteiger partial charge in [0.15, 0.2) is 21.3 Å². The Morgan fingerprint density at radius 3 is 2.43 bits per heavy atom. The highest BCUT2D eigenvalue weighted by Crippen LogP contribution is 2.32. The van der Waals surface area contributed by atoms with Gasteiger partial charge >= 0.3 is 0 Å². The predicted molar refractivity (Wildman–Crippen MR) is 114 cm³/mol. The lowest BCUT2D eigenvalue weighted by molar-refractivity contribution is -0.143. The van der Waals surface area contributed by atoms with Crippen LogP contribution in [0, 0.1) is 0 Å². The number of ether oxygens (including phenoxy) is 2. The first-order valence-corrected chi connectivity index (χ1v) is 12.1. The lowest BCUT2D eigenvalue weighted by atomic mass is 10.0. The molecule has 0 spiro atoms. The van der Waals surface area contributed by atoms with Crippen molar-refractivity contribution in [3.8, 4) is 11.5 Å². The van der Waals surface area contributed by atoms with E-state index in [1.807, 2.05) is 24.3 Å². The largest absolute Gasteiger partial charge is 0.485 e. The van der Waals surface area contributed by atoms with E-state index in [0.29, 0.717) is 30.4 Å². The van der Waals surface area contributed by atoms with Gasteiger partial charge in [-0.1, -0.05) is 50.2 Å². The van der Waals surface area contributed by atoms with Crippen molar-refractivity contribution in [3.63, 3.8) is 0 Å². The molecule has 0 bridgehead atoms. The first kappa shape index (κ1) is 20.7. The second-order valence-corrected chi connectivity index (χ2v) is 10.5. The number of sulfone groups is 1. The minimum Gasteiger partial charge on any atom is -0.485 e. The summed E-state index contributed by atoms with van der Waals surface area (Å²) in [6.45, 7) is 4.72. The van der Waals surface area contributed by atoms with Crippen molar-refractivity contribution in [2.75, 3.05) is 18.1 Å². The van der Waals surface area contributed by atoms with Crippen molar-refractivity contribution in [2.45, 2.75) is 44.9 Å². The Hall–Kier alpha value is -2.54. The molecule has 2 atom stereocenters. The molecule has 30 heavy (non-hydrogen) atoms. The molecule has 1 amide bonds. The molecule has 1 fully saturated rings. The lowest BCUT2D eigenvalue weighted by Gasteiger charge is -2.34. The topological polar surface area (TPSA) is 72.9 Å². The molecular weight excluding hydrogens is 402 g/mol. The molecule has 0 saturated carbocycles. The monoisotopic (exact) mass is 429 g/mol. The molecule has 160 valence electrons. The van der Waals surface area contributed by atoms with Gasteiger partial charge in [-0.3, -0.25) is 4.79 Å². The van der Waals surface area contributed by atoms with Crippen molar-refractivity contribution in [1.29, 1.82) is 0 Å². The van der Waals surface area contributed by atoms with Crippen LogP contribution in [0.3, 0.4) is 0 Å². The summed E-state index contributed by atoms with van der Waals surface area (Å²) in [5.41, 5.74) is 2.19. The summed E-state index contributed by atoms with van der Waals surface area (Å²) < 4.78 is 35.8. The van der Waals surface area contributed by atoms with E-state index in [1.54, 1.807) is 17.0 Å². The molecule has 0 aliphatic carbocycles. The van der Waals surface area contributed by atoms with E-state index < -0.39 is 15.9 Å². The Morgan fingerprint density at radius 1 is 1.10 bits per heavy atom. The quantitative estimate of drug-likeness (QED) is 0.730. The van der Waals surface area contributed by atoms with Gasteiger partial charge in [-0.05, 0) is 35.6 Å². The van der Waals surface area contributed by atoms with E-state index in [4.69, 9.17) is 9.47 Å². The maximum Gasteiger partial charge on any atom is 0.267 e. The van der Waals surface area contributed by atoms with Gasteiger partial charge in [0.1, 0.15) is 6.61 Å². The molecule has 0 unspecified atom stereocenters. The minimum atomic E-state index is -3.13. The van der Waals surface area contributed by atoms with Crippen LogP contribution in [0.2, 0.25) is 0 Å². The Morgan fingerprint density at radius 2 is 1.80 bits per heavy atom. The molecule has 2 heterocycles. The number of carbonyl (C=O) groups excluding carboxylic acids is 1. The number of para-hydroxylation sites is 2. The van der Waals surface area contributed by atoms with E-state index in [1.165, 1.54) is 5.56 Å². The van der Waals surface area contributed by atoms with Gasteiger partial charge in [0.05, 0.1) is 11.5 Å². The Kier molecular flexibility index (Phi) is 5.73. The number of hydrogen-bond donors (Lipinski definition) is 0. The molecule has 2 aliphatic rings. The van der Waals surface area contributed by atoms with Crippen LogP contribution in [0.25, 0.3) is 0 Å². The van der Waals surface area contributed by atoms with E-state index >= 15 is 0 Å². The van der Waals surface area contributed by atoms with Crippen LogP contribution in [0.4, 0.5) is 0 Å². The Labute approximate surface area is 177 Å². The first-order chi connectivity index (χ1) is 14.3.